The van der Waals surface area contributed by atoms with E-state index < -0.39 is 75.7 Å². The summed E-state index contributed by atoms with van der Waals surface area (Å²) >= 11 is 0. The van der Waals surface area contributed by atoms with Gasteiger partial charge in [-0.15, -0.1) is 0 Å². The number of unbranched alkanes of at least 4 members (excludes halogenated alkanes) is 12. The average molecular weight is 883 g/mol. The van der Waals surface area contributed by atoms with Crippen LogP contribution in [0.1, 0.15) is 155 Å². The monoisotopic (exact) mass is 883 g/mol. The molecule has 0 amide bonds. The van der Waals surface area contributed by atoms with E-state index >= 15 is 0 Å². The van der Waals surface area contributed by atoms with Crippen molar-refractivity contribution in [2.24, 2.45) is 0 Å². The molecule has 14 heteroatoms. The van der Waals surface area contributed by atoms with Gasteiger partial charge in [0.15, 0.2) is 6.10 Å². The predicted octanol–water partition coefficient (Wildman–Crippen LogP) is 8.72. The van der Waals surface area contributed by atoms with Gasteiger partial charge in [-0.3, -0.25) is 18.6 Å². The molecule has 8 atom stereocenters. The number of hydrogen-bond acceptors (Lipinski definition) is 12. The zero-order valence-corrected chi connectivity index (χ0v) is 37.8. The molecule has 0 saturated heterocycles. The van der Waals surface area contributed by atoms with Crippen molar-refractivity contribution < 1.29 is 63.1 Å². The highest BCUT2D eigenvalue weighted by Crippen LogP contribution is 2.47. The van der Waals surface area contributed by atoms with Crippen LogP contribution in [0.4, 0.5) is 0 Å². The number of hydrogen-bond donors (Lipinski definition) is 6. The van der Waals surface area contributed by atoms with E-state index in [0.29, 0.717) is 19.3 Å². The van der Waals surface area contributed by atoms with E-state index in [1.807, 2.05) is 18.2 Å². The molecule has 1 rings (SSSR count). The Labute approximate surface area is 365 Å². The van der Waals surface area contributed by atoms with Crippen LogP contribution in [0, 0.1) is 0 Å². The van der Waals surface area contributed by atoms with Gasteiger partial charge >= 0.3 is 19.8 Å². The second kappa shape index (κ2) is 36.7. The molecule has 0 aromatic heterocycles. The van der Waals surface area contributed by atoms with Crippen LogP contribution in [0.15, 0.2) is 72.9 Å². The summed E-state index contributed by atoms with van der Waals surface area (Å²) in [6.45, 7) is 3.17. The van der Waals surface area contributed by atoms with Gasteiger partial charge in [-0.05, 0) is 77.0 Å². The summed E-state index contributed by atoms with van der Waals surface area (Å²) in [4.78, 5) is 35.6. The fourth-order valence-electron chi connectivity index (χ4n) is 6.32. The fraction of sp³-hybridized carbons (Fsp3) is 0.702. The molecule has 350 valence electrons. The molecule has 13 nitrogen and oxygen atoms in total. The number of carbonyl (C=O) groups excluding carboxylic acids is 2. The summed E-state index contributed by atoms with van der Waals surface area (Å²) < 4.78 is 33.4. The predicted molar refractivity (Wildman–Crippen MR) is 239 cm³/mol. The van der Waals surface area contributed by atoms with Crippen molar-refractivity contribution in [2.45, 2.75) is 198 Å². The molecule has 1 aliphatic carbocycles. The van der Waals surface area contributed by atoms with Crippen molar-refractivity contribution in [3.05, 3.63) is 72.9 Å². The highest BCUT2D eigenvalue weighted by Gasteiger charge is 2.51. The number of phosphoric acid groups is 1. The first-order chi connectivity index (χ1) is 29.4. The van der Waals surface area contributed by atoms with Crippen molar-refractivity contribution in [3.63, 3.8) is 0 Å². The maximum Gasteiger partial charge on any atom is 0.472 e. The Balaban J connectivity index is 2.55. The maximum absolute atomic E-state index is 12.8. The van der Waals surface area contributed by atoms with E-state index in [-0.39, 0.29) is 12.8 Å². The lowest BCUT2D eigenvalue weighted by atomic mass is 9.85. The molecule has 0 bridgehead atoms. The van der Waals surface area contributed by atoms with Gasteiger partial charge in [0.2, 0.25) is 0 Å². The zero-order valence-electron chi connectivity index (χ0n) is 36.9. The molecule has 1 aliphatic rings. The van der Waals surface area contributed by atoms with Gasteiger partial charge in [-0.1, -0.05) is 138 Å². The second-order valence-corrected chi connectivity index (χ2v) is 16.9. The number of esters is 2. The van der Waals surface area contributed by atoms with Crippen molar-refractivity contribution in [2.75, 3.05) is 13.2 Å². The highest BCUT2D eigenvalue weighted by atomic mass is 31.2. The molecule has 0 aromatic rings. The third-order valence-corrected chi connectivity index (χ3v) is 11.0. The molecular formula is C47H79O13P. The highest BCUT2D eigenvalue weighted by molar-refractivity contribution is 7.47. The Morgan fingerprint density at radius 2 is 0.918 bits per heavy atom. The van der Waals surface area contributed by atoms with Gasteiger partial charge in [0.1, 0.15) is 43.2 Å². The average Bonchev–Trinajstić information content (AvgIpc) is 3.24. The molecular weight excluding hydrogens is 803 g/mol. The summed E-state index contributed by atoms with van der Waals surface area (Å²) in [5.74, 6) is -1.22. The first-order valence-corrected chi connectivity index (χ1v) is 24.2. The van der Waals surface area contributed by atoms with E-state index in [0.717, 1.165) is 51.4 Å². The minimum absolute atomic E-state index is 0.0329. The topological polar surface area (TPSA) is 210 Å². The number of ether oxygens (including phenoxy) is 2. The lowest BCUT2D eigenvalue weighted by molar-refractivity contribution is -0.220. The third-order valence-electron chi connectivity index (χ3n) is 10.0. The fourth-order valence-corrected chi connectivity index (χ4v) is 7.29. The van der Waals surface area contributed by atoms with E-state index in [2.05, 4.69) is 68.5 Å². The van der Waals surface area contributed by atoms with E-state index in [9.17, 15) is 44.6 Å². The number of aliphatic hydroxyl groups is 5. The summed E-state index contributed by atoms with van der Waals surface area (Å²) in [6.07, 6.45) is 32.6. The Hall–Kier alpha value is -2.71. The standard InChI is InChI=1S/C47H79O13P/c1-3-5-7-9-11-13-15-17-18-19-20-21-22-24-26-28-30-32-34-36-41(49)59-39(38-58-61(55,56)60-47-45(53)43(51)42(50)44(52)46(47)54)37-57-40(48)35-33-31-29-27-25-23-16-14-12-10-8-6-4-2/h11,13,17-18,20-21,23-26,30,32,39,42-47,50-54H,3-10,12,14-16,19,22,27-29,31,33-38H2,1-2H3,(H,55,56)/b13-11+,18-17+,21-20+,25-23+,26-24+,32-30+/t39-,42?,43+,44?,45?,46?,47?/m1/s1. The van der Waals surface area contributed by atoms with Gasteiger partial charge in [-0.25, -0.2) is 4.57 Å². The molecule has 6 unspecified atom stereocenters. The maximum atomic E-state index is 12.8. The molecule has 0 radical (unpaired) electrons. The molecule has 0 aliphatic heterocycles. The Morgan fingerprint density at radius 1 is 0.508 bits per heavy atom. The lowest BCUT2D eigenvalue weighted by Crippen LogP contribution is -2.64. The quantitative estimate of drug-likeness (QED) is 0.0151. The molecule has 61 heavy (non-hydrogen) atoms. The summed E-state index contributed by atoms with van der Waals surface area (Å²) in [7, 11) is -5.14. The number of carbonyl (C=O) groups is 2. The first kappa shape index (κ1) is 56.3. The van der Waals surface area contributed by atoms with Crippen molar-refractivity contribution >= 4 is 19.8 Å². The third kappa shape index (κ3) is 29.3. The molecule has 6 N–H and O–H groups in total. The van der Waals surface area contributed by atoms with Crippen LogP contribution < -0.4 is 0 Å². The van der Waals surface area contributed by atoms with Crippen molar-refractivity contribution in [3.8, 4) is 0 Å². The summed E-state index contributed by atoms with van der Waals surface area (Å²) in [6, 6.07) is 0. The van der Waals surface area contributed by atoms with Gasteiger partial charge in [0.25, 0.3) is 0 Å². The summed E-state index contributed by atoms with van der Waals surface area (Å²) in [5.41, 5.74) is 0. The minimum Gasteiger partial charge on any atom is -0.462 e. The van der Waals surface area contributed by atoms with E-state index in [1.165, 1.54) is 57.8 Å². The van der Waals surface area contributed by atoms with Crippen molar-refractivity contribution in [1.82, 2.24) is 0 Å². The van der Waals surface area contributed by atoms with E-state index in [1.54, 1.807) is 0 Å². The largest absolute Gasteiger partial charge is 0.472 e. The molecule has 0 spiro atoms. The normalized spacial score (nSPS) is 22.7. The van der Waals surface area contributed by atoms with Crippen LogP contribution >= 0.6 is 7.82 Å². The smallest absolute Gasteiger partial charge is 0.462 e. The number of allylic oxidation sites excluding steroid dienone is 12. The Kier molecular flexibility index (Phi) is 33.9. The van der Waals surface area contributed by atoms with Crippen LogP contribution in [0.3, 0.4) is 0 Å². The van der Waals surface area contributed by atoms with Gasteiger partial charge < -0.3 is 39.9 Å². The Bertz CT molecular complexity index is 1340. The number of aliphatic hydroxyl groups excluding tert-OH is 5. The molecule has 0 aromatic carbocycles. The Morgan fingerprint density at radius 3 is 1.46 bits per heavy atom. The number of phosphoric ester groups is 1. The molecule has 1 saturated carbocycles. The van der Waals surface area contributed by atoms with Crippen LogP contribution in [0.5, 0.6) is 0 Å². The van der Waals surface area contributed by atoms with Crippen LogP contribution in [-0.2, 0) is 32.7 Å². The zero-order chi connectivity index (χ0) is 45.0. The minimum atomic E-state index is -5.14. The molecule has 0 heterocycles. The van der Waals surface area contributed by atoms with Gasteiger partial charge in [-0.2, -0.15) is 0 Å². The van der Waals surface area contributed by atoms with Crippen LogP contribution in [0.2, 0.25) is 0 Å². The van der Waals surface area contributed by atoms with Crippen LogP contribution in [-0.4, -0.2) is 98.3 Å². The number of rotatable bonds is 36. The molecule has 1 fully saturated rings. The second-order valence-electron chi connectivity index (χ2n) is 15.5. The van der Waals surface area contributed by atoms with Crippen molar-refractivity contribution in [1.29, 1.82) is 0 Å². The van der Waals surface area contributed by atoms with Gasteiger partial charge in [0, 0.05) is 12.8 Å². The van der Waals surface area contributed by atoms with E-state index in [4.69, 9.17) is 18.5 Å². The SMILES string of the molecule is CCCCC/C=C/C/C=C/C/C=C/C/C=C/C/C=C/CCC(=O)O[C@H](COC(=O)CCCCC/C=C/CCCCCCCC)COP(=O)(O)OC1C(O)C(O)C(O)[C@H](O)C1O. The lowest BCUT2D eigenvalue weighted by Gasteiger charge is -2.41. The first-order valence-electron chi connectivity index (χ1n) is 22.7. The summed E-state index contributed by atoms with van der Waals surface area (Å²) in [5, 5.41) is 50.1. The van der Waals surface area contributed by atoms with Crippen LogP contribution in [0.25, 0.3) is 0 Å². The van der Waals surface area contributed by atoms with Gasteiger partial charge in [0.05, 0.1) is 6.61 Å².